The van der Waals surface area contributed by atoms with E-state index in [1.807, 2.05) is 31.2 Å². The first-order valence-electron chi connectivity index (χ1n) is 6.88. The highest BCUT2D eigenvalue weighted by molar-refractivity contribution is 9.10. The summed E-state index contributed by atoms with van der Waals surface area (Å²) in [7, 11) is -1.95. The second-order valence-corrected chi connectivity index (χ2v) is 7.44. The van der Waals surface area contributed by atoms with Crippen molar-refractivity contribution < 1.29 is 13.2 Å². The summed E-state index contributed by atoms with van der Waals surface area (Å²) in [5.74, 6) is 0.745. The topological polar surface area (TPSA) is 55.4 Å². The van der Waals surface area contributed by atoms with Crippen molar-refractivity contribution in [3.05, 3.63) is 58.6 Å². The maximum atomic E-state index is 12.5. The number of sulfonamides is 1. The second kappa shape index (κ2) is 7.26. The van der Waals surface area contributed by atoms with Crippen LogP contribution in [0.15, 0.2) is 57.9 Å². The Balaban J connectivity index is 2.22. The van der Waals surface area contributed by atoms with E-state index < -0.39 is 10.0 Å². The minimum Gasteiger partial charge on any atom is -0.497 e. The third kappa shape index (κ3) is 4.09. The van der Waals surface area contributed by atoms with Gasteiger partial charge in [-0.05, 0) is 48.4 Å². The lowest BCUT2D eigenvalue weighted by Crippen LogP contribution is -2.28. The van der Waals surface area contributed by atoms with Gasteiger partial charge in [-0.1, -0.05) is 35.0 Å². The van der Waals surface area contributed by atoms with E-state index in [0.717, 1.165) is 15.8 Å². The zero-order valence-electron chi connectivity index (χ0n) is 12.4. The van der Waals surface area contributed by atoms with Gasteiger partial charge in [-0.25, -0.2) is 13.1 Å². The van der Waals surface area contributed by atoms with Crippen molar-refractivity contribution in [2.24, 2.45) is 0 Å². The number of methoxy groups -OCH3 is 1. The summed E-state index contributed by atoms with van der Waals surface area (Å²) in [6.45, 7) is 1.94. The molecule has 2 aromatic carbocycles. The third-order valence-electron chi connectivity index (χ3n) is 3.35. The SMILES string of the molecule is CCC(NS(=O)(=O)c1ccc(Br)cc1)c1ccc(OC)cc1. The first kappa shape index (κ1) is 17.0. The van der Waals surface area contributed by atoms with E-state index in [-0.39, 0.29) is 10.9 Å². The molecule has 0 spiro atoms. The van der Waals surface area contributed by atoms with Gasteiger partial charge in [-0.3, -0.25) is 0 Å². The molecule has 0 aromatic heterocycles. The summed E-state index contributed by atoms with van der Waals surface area (Å²) < 4.78 is 33.6. The zero-order valence-corrected chi connectivity index (χ0v) is 14.8. The van der Waals surface area contributed by atoms with Gasteiger partial charge in [0.1, 0.15) is 5.75 Å². The molecule has 1 unspecified atom stereocenters. The summed E-state index contributed by atoms with van der Waals surface area (Å²) in [5, 5.41) is 0. The fraction of sp³-hybridized carbons (Fsp3) is 0.250. The van der Waals surface area contributed by atoms with E-state index in [1.165, 1.54) is 0 Å². The number of hydrogen-bond donors (Lipinski definition) is 1. The van der Waals surface area contributed by atoms with Crippen LogP contribution < -0.4 is 9.46 Å². The van der Waals surface area contributed by atoms with Gasteiger partial charge in [-0.15, -0.1) is 0 Å². The van der Waals surface area contributed by atoms with Crippen molar-refractivity contribution in [1.82, 2.24) is 4.72 Å². The van der Waals surface area contributed by atoms with Crippen LogP contribution in [0.5, 0.6) is 5.75 Å². The minimum absolute atomic E-state index is 0.252. The van der Waals surface area contributed by atoms with Crippen LogP contribution in [0.2, 0.25) is 0 Å². The first-order chi connectivity index (χ1) is 10.5. The molecule has 0 aliphatic rings. The minimum atomic E-state index is -3.55. The highest BCUT2D eigenvalue weighted by atomic mass is 79.9. The van der Waals surface area contributed by atoms with Crippen LogP contribution in [0.4, 0.5) is 0 Å². The first-order valence-corrected chi connectivity index (χ1v) is 9.15. The summed E-state index contributed by atoms with van der Waals surface area (Å²) in [5.41, 5.74) is 0.906. The van der Waals surface area contributed by atoms with Gasteiger partial charge < -0.3 is 4.74 Å². The van der Waals surface area contributed by atoms with Crippen LogP contribution in [-0.4, -0.2) is 15.5 Å². The number of halogens is 1. The Kier molecular flexibility index (Phi) is 5.61. The molecule has 2 aromatic rings. The van der Waals surface area contributed by atoms with Crippen LogP contribution in [0.1, 0.15) is 24.9 Å². The number of benzene rings is 2. The molecular formula is C16H18BrNO3S. The summed E-state index contributed by atoms with van der Waals surface area (Å²) in [6, 6.07) is 13.7. The van der Waals surface area contributed by atoms with Gasteiger partial charge in [0.05, 0.1) is 12.0 Å². The Hall–Kier alpha value is -1.37. The van der Waals surface area contributed by atoms with Crippen molar-refractivity contribution >= 4 is 26.0 Å². The number of hydrogen-bond acceptors (Lipinski definition) is 3. The molecule has 0 aliphatic carbocycles. The Morgan fingerprint density at radius 3 is 2.18 bits per heavy atom. The van der Waals surface area contributed by atoms with E-state index in [2.05, 4.69) is 20.7 Å². The predicted octanol–water partition coefficient (Wildman–Crippen LogP) is 3.89. The fourth-order valence-electron chi connectivity index (χ4n) is 2.09. The van der Waals surface area contributed by atoms with Gasteiger partial charge >= 0.3 is 0 Å². The summed E-state index contributed by atoms with van der Waals surface area (Å²) >= 11 is 3.30. The molecule has 0 heterocycles. The molecular weight excluding hydrogens is 366 g/mol. The summed E-state index contributed by atoms with van der Waals surface area (Å²) in [4.78, 5) is 0.252. The van der Waals surface area contributed by atoms with E-state index in [4.69, 9.17) is 4.74 Å². The van der Waals surface area contributed by atoms with Crippen LogP contribution in [0.25, 0.3) is 0 Å². The van der Waals surface area contributed by atoms with Gasteiger partial charge in [-0.2, -0.15) is 0 Å². The third-order valence-corrected chi connectivity index (χ3v) is 5.36. The van der Waals surface area contributed by atoms with Gasteiger partial charge in [0.25, 0.3) is 0 Å². The average Bonchev–Trinajstić information content (AvgIpc) is 2.53. The molecule has 6 heteroatoms. The normalized spacial score (nSPS) is 12.9. The molecule has 0 saturated carbocycles. The highest BCUT2D eigenvalue weighted by Crippen LogP contribution is 2.23. The molecule has 0 radical (unpaired) electrons. The molecule has 0 fully saturated rings. The van der Waals surface area contributed by atoms with Crippen molar-refractivity contribution in [2.75, 3.05) is 7.11 Å². The second-order valence-electron chi connectivity index (χ2n) is 4.81. The summed E-state index contributed by atoms with van der Waals surface area (Å²) in [6.07, 6.45) is 0.655. The smallest absolute Gasteiger partial charge is 0.241 e. The number of ether oxygens (including phenoxy) is 1. The molecule has 4 nitrogen and oxygen atoms in total. The molecule has 0 saturated heterocycles. The van der Waals surface area contributed by atoms with E-state index in [9.17, 15) is 8.42 Å². The monoisotopic (exact) mass is 383 g/mol. The average molecular weight is 384 g/mol. The van der Waals surface area contributed by atoms with Crippen molar-refractivity contribution in [2.45, 2.75) is 24.3 Å². The maximum absolute atomic E-state index is 12.5. The van der Waals surface area contributed by atoms with Gasteiger partial charge in [0, 0.05) is 10.5 Å². The lowest BCUT2D eigenvalue weighted by atomic mass is 10.1. The van der Waals surface area contributed by atoms with Crippen LogP contribution in [-0.2, 0) is 10.0 Å². The van der Waals surface area contributed by atoms with E-state index in [1.54, 1.807) is 31.4 Å². The molecule has 118 valence electrons. The maximum Gasteiger partial charge on any atom is 0.241 e. The zero-order chi connectivity index (χ0) is 16.2. The number of rotatable bonds is 6. The quantitative estimate of drug-likeness (QED) is 0.822. The van der Waals surface area contributed by atoms with E-state index in [0.29, 0.717) is 6.42 Å². The Labute approximate surface area is 139 Å². The van der Waals surface area contributed by atoms with Crippen molar-refractivity contribution in [1.29, 1.82) is 0 Å². The Morgan fingerprint density at radius 2 is 1.68 bits per heavy atom. The lowest BCUT2D eigenvalue weighted by Gasteiger charge is -2.18. The van der Waals surface area contributed by atoms with Crippen LogP contribution in [0, 0.1) is 0 Å². The van der Waals surface area contributed by atoms with Crippen LogP contribution in [0.3, 0.4) is 0 Å². The standard InChI is InChI=1S/C16H18BrNO3S/c1-3-16(12-4-8-14(21-2)9-5-12)18-22(19,20)15-10-6-13(17)7-11-15/h4-11,16,18H,3H2,1-2H3. The molecule has 0 aliphatic heterocycles. The Morgan fingerprint density at radius 1 is 1.09 bits per heavy atom. The molecule has 1 atom stereocenters. The largest absolute Gasteiger partial charge is 0.497 e. The Bertz CT molecular complexity index is 712. The molecule has 0 bridgehead atoms. The number of nitrogens with one attached hydrogen (secondary N) is 1. The van der Waals surface area contributed by atoms with Crippen molar-refractivity contribution in [3.8, 4) is 5.75 Å². The van der Waals surface area contributed by atoms with E-state index >= 15 is 0 Å². The molecule has 22 heavy (non-hydrogen) atoms. The van der Waals surface area contributed by atoms with Gasteiger partial charge in [0.2, 0.25) is 10.0 Å². The van der Waals surface area contributed by atoms with Crippen molar-refractivity contribution in [3.63, 3.8) is 0 Å². The van der Waals surface area contributed by atoms with Gasteiger partial charge in [0.15, 0.2) is 0 Å². The fourth-order valence-corrected chi connectivity index (χ4v) is 3.66. The molecule has 0 amide bonds. The lowest BCUT2D eigenvalue weighted by molar-refractivity contribution is 0.414. The molecule has 2 rings (SSSR count). The predicted molar refractivity (Wildman–Crippen MR) is 90.5 cm³/mol. The molecule has 1 N–H and O–H groups in total. The highest BCUT2D eigenvalue weighted by Gasteiger charge is 2.20. The van der Waals surface area contributed by atoms with Crippen LogP contribution >= 0.6 is 15.9 Å².